The van der Waals surface area contributed by atoms with Gasteiger partial charge in [-0.3, -0.25) is 4.79 Å². The number of hydrogen-bond donors (Lipinski definition) is 1. The molecule has 1 amide bonds. The summed E-state index contributed by atoms with van der Waals surface area (Å²) < 4.78 is 12.3. The number of carbonyl (C=O) groups excluding carboxylic acids is 1. The van der Waals surface area contributed by atoms with E-state index in [1.165, 1.54) is 18.1 Å². The second kappa shape index (κ2) is 7.99. The van der Waals surface area contributed by atoms with Crippen LogP contribution in [0.4, 0.5) is 5.69 Å². The molecule has 0 radical (unpaired) electrons. The lowest BCUT2D eigenvalue weighted by Gasteiger charge is -2.06. The van der Waals surface area contributed by atoms with Gasteiger partial charge in [0.15, 0.2) is 22.7 Å². The summed E-state index contributed by atoms with van der Waals surface area (Å²) in [5, 5.41) is 11.9. The first-order valence-corrected chi connectivity index (χ1v) is 10.2. The molecule has 0 bridgehead atoms. The van der Waals surface area contributed by atoms with Gasteiger partial charge in [-0.2, -0.15) is 0 Å². The number of rotatable bonds is 6. The number of carbonyl (C=O) groups is 1. The molecule has 0 atom stereocenters. The third-order valence-corrected chi connectivity index (χ3v) is 5.42. The zero-order valence-electron chi connectivity index (χ0n) is 15.7. The van der Waals surface area contributed by atoms with E-state index in [9.17, 15) is 4.79 Å². The summed E-state index contributed by atoms with van der Waals surface area (Å²) in [5.41, 5.74) is 2.95. The fourth-order valence-corrected chi connectivity index (χ4v) is 3.78. The number of fused-ring (bicyclic) bond motifs is 2. The average molecular weight is 420 g/mol. The van der Waals surface area contributed by atoms with E-state index in [0.29, 0.717) is 39.9 Å². The highest BCUT2D eigenvalue weighted by molar-refractivity contribution is 8.00. The lowest BCUT2D eigenvalue weighted by Crippen LogP contribution is -2.14. The Hall–Kier alpha value is -3.66. The standard InChI is InChI=1S/C20H16N6O3S/c27-17(23-14-6-7-15-16(8-14)29-12-28-15)10-30-20-18-19(21-11-22-20)26(25-24-18)9-13-4-2-1-3-5-13/h1-8,11H,9-10,12H2,(H,23,27). The normalized spacial score (nSPS) is 12.3. The second-order valence-electron chi connectivity index (χ2n) is 6.49. The minimum Gasteiger partial charge on any atom is -0.454 e. The van der Waals surface area contributed by atoms with Crippen molar-refractivity contribution in [2.75, 3.05) is 17.9 Å². The highest BCUT2D eigenvalue weighted by atomic mass is 32.2. The van der Waals surface area contributed by atoms with Crippen LogP contribution in [0.15, 0.2) is 59.9 Å². The molecule has 30 heavy (non-hydrogen) atoms. The SMILES string of the molecule is O=C(CSc1ncnc2c1nnn2Cc1ccccc1)Nc1ccc2c(c1)OCO2. The van der Waals surface area contributed by atoms with Crippen molar-refractivity contribution in [1.29, 1.82) is 0 Å². The van der Waals surface area contributed by atoms with Crippen molar-refractivity contribution in [3.05, 3.63) is 60.4 Å². The number of thioether (sulfide) groups is 1. The highest BCUT2D eigenvalue weighted by Gasteiger charge is 2.16. The minimum atomic E-state index is -0.165. The van der Waals surface area contributed by atoms with Crippen molar-refractivity contribution < 1.29 is 14.3 Å². The number of ether oxygens (including phenoxy) is 2. The van der Waals surface area contributed by atoms with E-state index in [4.69, 9.17) is 9.47 Å². The molecule has 1 N–H and O–H groups in total. The topological polar surface area (TPSA) is 104 Å². The van der Waals surface area contributed by atoms with E-state index in [1.807, 2.05) is 30.3 Å². The number of hydrogen-bond acceptors (Lipinski definition) is 8. The Balaban J connectivity index is 1.27. The van der Waals surface area contributed by atoms with E-state index >= 15 is 0 Å². The van der Waals surface area contributed by atoms with Crippen LogP contribution in [-0.2, 0) is 11.3 Å². The summed E-state index contributed by atoms with van der Waals surface area (Å²) in [6, 6.07) is 15.2. The van der Waals surface area contributed by atoms with Crippen molar-refractivity contribution >= 4 is 34.5 Å². The van der Waals surface area contributed by atoms with Crippen LogP contribution in [0.3, 0.4) is 0 Å². The van der Waals surface area contributed by atoms with E-state index in [0.717, 1.165) is 5.56 Å². The Kier molecular flexibility index (Phi) is 4.89. The molecule has 0 saturated heterocycles. The van der Waals surface area contributed by atoms with Crippen LogP contribution >= 0.6 is 11.8 Å². The van der Waals surface area contributed by atoms with Gasteiger partial charge in [-0.05, 0) is 17.7 Å². The van der Waals surface area contributed by atoms with Crippen LogP contribution in [0, 0.1) is 0 Å². The van der Waals surface area contributed by atoms with Crippen LogP contribution in [0.1, 0.15) is 5.56 Å². The maximum Gasteiger partial charge on any atom is 0.234 e. The molecule has 2 aromatic carbocycles. The highest BCUT2D eigenvalue weighted by Crippen LogP contribution is 2.34. The summed E-state index contributed by atoms with van der Waals surface area (Å²) in [7, 11) is 0. The third-order valence-electron chi connectivity index (χ3n) is 4.44. The van der Waals surface area contributed by atoms with Gasteiger partial charge in [0.05, 0.1) is 12.3 Å². The van der Waals surface area contributed by atoms with Crippen molar-refractivity contribution in [3.63, 3.8) is 0 Å². The first-order chi connectivity index (χ1) is 14.8. The van der Waals surface area contributed by atoms with E-state index in [2.05, 4.69) is 25.6 Å². The van der Waals surface area contributed by atoms with E-state index < -0.39 is 0 Å². The quantitative estimate of drug-likeness (QED) is 0.375. The molecular weight excluding hydrogens is 404 g/mol. The number of amides is 1. The smallest absolute Gasteiger partial charge is 0.234 e. The summed E-state index contributed by atoms with van der Waals surface area (Å²) in [6.07, 6.45) is 1.46. The summed E-state index contributed by atoms with van der Waals surface area (Å²) in [4.78, 5) is 21.0. The predicted molar refractivity (Wildman–Crippen MR) is 111 cm³/mol. The maximum atomic E-state index is 12.4. The molecular formula is C20H16N6O3S. The van der Waals surface area contributed by atoms with Crippen LogP contribution in [-0.4, -0.2) is 43.4 Å². The van der Waals surface area contributed by atoms with Crippen LogP contribution in [0.25, 0.3) is 11.2 Å². The van der Waals surface area contributed by atoms with Crippen molar-refractivity contribution in [1.82, 2.24) is 25.0 Å². The number of anilines is 1. The summed E-state index contributed by atoms with van der Waals surface area (Å²) in [6.45, 7) is 0.750. The van der Waals surface area contributed by atoms with Gasteiger partial charge in [0.2, 0.25) is 12.7 Å². The van der Waals surface area contributed by atoms with E-state index in [-0.39, 0.29) is 18.5 Å². The Morgan fingerprint density at radius 1 is 1.10 bits per heavy atom. The maximum absolute atomic E-state index is 12.4. The van der Waals surface area contributed by atoms with Gasteiger partial charge in [0, 0.05) is 11.8 Å². The van der Waals surface area contributed by atoms with Gasteiger partial charge in [0.25, 0.3) is 0 Å². The number of nitrogens with one attached hydrogen (secondary N) is 1. The number of nitrogens with zero attached hydrogens (tertiary/aromatic N) is 5. The van der Waals surface area contributed by atoms with Gasteiger partial charge in [0.1, 0.15) is 11.4 Å². The first-order valence-electron chi connectivity index (χ1n) is 9.17. The molecule has 0 fully saturated rings. The molecule has 4 aromatic rings. The van der Waals surface area contributed by atoms with E-state index in [1.54, 1.807) is 22.9 Å². The van der Waals surface area contributed by atoms with Gasteiger partial charge in [-0.1, -0.05) is 47.3 Å². The average Bonchev–Trinajstić information content (AvgIpc) is 3.40. The monoisotopic (exact) mass is 420 g/mol. The Labute approximate surface area is 175 Å². The lowest BCUT2D eigenvalue weighted by atomic mass is 10.2. The van der Waals surface area contributed by atoms with Crippen LogP contribution < -0.4 is 14.8 Å². The Bertz CT molecular complexity index is 1210. The van der Waals surface area contributed by atoms with Gasteiger partial charge in [-0.25, -0.2) is 14.6 Å². The molecule has 5 rings (SSSR count). The Morgan fingerprint density at radius 3 is 2.87 bits per heavy atom. The Morgan fingerprint density at radius 2 is 1.97 bits per heavy atom. The molecule has 0 unspecified atom stereocenters. The summed E-state index contributed by atoms with van der Waals surface area (Å²) in [5.74, 6) is 1.30. The molecule has 0 spiro atoms. The van der Waals surface area contributed by atoms with Crippen molar-refractivity contribution in [2.24, 2.45) is 0 Å². The molecule has 2 aromatic heterocycles. The van der Waals surface area contributed by atoms with Gasteiger partial charge >= 0.3 is 0 Å². The first kappa shape index (κ1) is 18.4. The lowest BCUT2D eigenvalue weighted by molar-refractivity contribution is -0.113. The predicted octanol–water partition coefficient (Wildman–Crippen LogP) is 2.73. The molecule has 150 valence electrons. The van der Waals surface area contributed by atoms with Gasteiger partial charge in [-0.15, -0.1) is 5.10 Å². The van der Waals surface area contributed by atoms with Crippen LogP contribution in [0.5, 0.6) is 11.5 Å². The van der Waals surface area contributed by atoms with Crippen molar-refractivity contribution in [3.8, 4) is 11.5 Å². The molecule has 10 heteroatoms. The minimum absolute atomic E-state index is 0.165. The summed E-state index contributed by atoms with van der Waals surface area (Å²) >= 11 is 1.29. The largest absolute Gasteiger partial charge is 0.454 e. The fourth-order valence-electron chi connectivity index (χ4n) is 3.05. The van der Waals surface area contributed by atoms with Crippen molar-refractivity contribution in [2.45, 2.75) is 11.6 Å². The molecule has 1 aliphatic rings. The van der Waals surface area contributed by atoms with Crippen LogP contribution in [0.2, 0.25) is 0 Å². The molecule has 3 heterocycles. The fraction of sp³-hybridized carbons (Fsp3) is 0.150. The number of benzene rings is 2. The molecule has 0 saturated carbocycles. The second-order valence-corrected chi connectivity index (χ2v) is 7.45. The number of aromatic nitrogens is 5. The zero-order chi connectivity index (χ0) is 20.3. The molecule has 0 aliphatic carbocycles. The molecule has 1 aliphatic heterocycles. The van der Waals surface area contributed by atoms with Gasteiger partial charge < -0.3 is 14.8 Å². The molecule has 9 nitrogen and oxygen atoms in total. The zero-order valence-corrected chi connectivity index (χ0v) is 16.5. The third kappa shape index (κ3) is 3.77.